The summed E-state index contributed by atoms with van der Waals surface area (Å²) in [6, 6.07) is 11.4. The minimum Gasteiger partial charge on any atom is -0.487 e. The fourth-order valence-corrected chi connectivity index (χ4v) is 1.65. The summed E-state index contributed by atoms with van der Waals surface area (Å²) >= 11 is 5.66. The van der Waals surface area contributed by atoms with Crippen molar-refractivity contribution in [2.45, 2.75) is 13.0 Å². The molecular formula is C14H15ClN2O2. The van der Waals surface area contributed by atoms with Gasteiger partial charge in [0.2, 0.25) is 0 Å². The van der Waals surface area contributed by atoms with Crippen LogP contribution < -0.4 is 4.74 Å². The lowest BCUT2D eigenvalue weighted by Gasteiger charge is -2.06. The Hall–Kier alpha value is -1.65. The van der Waals surface area contributed by atoms with Gasteiger partial charge in [0.15, 0.2) is 5.15 Å². The molecule has 1 heterocycles. The standard InChI is InChI=1S/C14H15ClN2O2/c1-18-9-8-11-2-5-13(6-3-11)19-10-12-4-7-14(15)17-16-12/h2-7H,8-10H2,1H3. The van der Waals surface area contributed by atoms with Gasteiger partial charge in [0.25, 0.3) is 0 Å². The van der Waals surface area contributed by atoms with E-state index in [-0.39, 0.29) is 0 Å². The lowest BCUT2D eigenvalue weighted by atomic mass is 10.1. The number of halogens is 1. The van der Waals surface area contributed by atoms with Gasteiger partial charge in [-0.05, 0) is 36.2 Å². The first-order valence-corrected chi connectivity index (χ1v) is 6.34. The third kappa shape index (κ3) is 4.50. The molecule has 4 nitrogen and oxygen atoms in total. The normalized spacial score (nSPS) is 10.4. The van der Waals surface area contributed by atoms with E-state index in [1.54, 1.807) is 19.2 Å². The largest absolute Gasteiger partial charge is 0.487 e. The molecule has 0 N–H and O–H groups in total. The van der Waals surface area contributed by atoms with Gasteiger partial charge < -0.3 is 9.47 Å². The first-order valence-electron chi connectivity index (χ1n) is 5.97. The van der Waals surface area contributed by atoms with Crippen molar-refractivity contribution in [3.8, 4) is 5.75 Å². The molecule has 5 heteroatoms. The van der Waals surface area contributed by atoms with Crippen molar-refractivity contribution in [3.63, 3.8) is 0 Å². The predicted octanol–water partition coefficient (Wildman–Crippen LogP) is 2.90. The lowest BCUT2D eigenvalue weighted by Crippen LogP contribution is -2.00. The minimum absolute atomic E-state index is 0.377. The molecule has 2 aromatic rings. The predicted molar refractivity (Wildman–Crippen MR) is 73.4 cm³/mol. The van der Waals surface area contributed by atoms with Crippen molar-refractivity contribution in [1.82, 2.24) is 10.2 Å². The quantitative estimate of drug-likeness (QED) is 0.815. The molecule has 0 bridgehead atoms. The molecule has 0 unspecified atom stereocenters. The first kappa shape index (κ1) is 13.8. The van der Waals surface area contributed by atoms with Gasteiger partial charge in [0.05, 0.1) is 6.61 Å². The van der Waals surface area contributed by atoms with Crippen LogP contribution >= 0.6 is 11.6 Å². The number of aromatic nitrogens is 2. The van der Waals surface area contributed by atoms with Gasteiger partial charge in [-0.25, -0.2) is 0 Å². The van der Waals surface area contributed by atoms with E-state index in [0.29, 0.717) is 11.8 Å². The number of hydrogen-bond donors (Lipinski definition) is 0. The molecule has 0 saturated carbocycles. The van der Waals surface area contributed by atoms with Crippen LogP contribution in [0.5, 0.6) is 5.75 Å². The maximum absolute atomic E-state index is 5.66. The minimum atomic E-state index is 0.377. The summed E-state index contributed by atoms with van der Waals surface area (Å²) in [6.45, 7) is 1.10. The monoisotopic (exact) mass is 278 g/mol. The topological polar surface area (TPSA) is 44.2 Å². The molecule has 0 fully saturated rings. The van der Waals surface area contributed by atoms with E-state index < -0.39 is 0 Å². The second-order valence-electron chi connectivity index (χ2n) is 4.02. The number of hydrogen-bond acceptors (Lipinski definition) is 4. The van der Waals surface area contributed by atoms with Crippen molar-refractivity contribution >= 4 is 11.6 Å². The number of nitrogens with zero attached hydrogens (tertiary/aromatic N) is 2. The highest BCUT2D eigenvalue weighted by Gasteiger charge is 1.99. The molecule has 0 aliphatic heterocycles. The maximum Gasteiger partial charge on any atom is 0.151 e. The molecule has 19 heavy (non-hydrogen) atoms. The molecule has 0 amide bonds. The molecule has 1 aromatic heterocycles. The van der Waals surface area contributed by atoms with E-state index in [1.807, 2.05) is 24.3 Å². The van der Waals surface area contributed by atoms with Crippen LogP contribution in [0.3, 0.4) is 0 Å². The van der Waals surface area contributed by atoms with Gasteiger partial charge in [-0.2, -0.15) is 5.10 Å². The van der Waals surface area contributed by atoms with Gasteiger partial charge in [-0.3, -0.25) is 0 Å². The maximum atomic E-state index is 5.66. The number of methoxy groups -OCH3 is 1. The number of rotatable bonds is 6. The Labute approximate surface area is 117 Å². The van der Waals surface area contributed by atoms with Crippen molar-refractivity contribution in [3.05, 3.63) is 52.8 Å². The van der Waals surface area contributed by atoms with Crippen LogP contribution in [-0.4, -0.2) is 23.9 Å². The molecule has 2 rings (SSSR count). The van der Waals surface area contributed by atoms with Crippen molar-refractivity contribution in [2.75, 3.05) is 13.7 Å². The molecule has 0 aliphatic carbocycles. The van der Waals surface area contributed by atoms with Crippen LogP contribution in [0.25, 0.3) is 0 Å². The highest BCUT2D eigenvalue weighted by atomic mass is 35.5. The summed E-state index contributed by atoms with van der Waals surface area (Å²) in [5.41, 5.74) is 1.97. The average Bonchev–Trinajstić information content (AvgIpc) is 2.46. The Morgan fingerprint density at radius 2 is 1.84 bits per heavy atom. The molecule has 100 valence electrons. The highest BCUT2D eigenvalue weighted by molar-refractivity contribution is 6.29. The zero-order valence-corrected chi connectivity index (χ0v) is 11.4. The highest BCUT2D eigenvalue weighted by Crippen LogP contribution is 2.14. The van der Waals surface area contributed by atoms with Crippen LogP contribution in [0.2, 0.25) is 5.15 Å². The van der Waals surface area contributed by atoms with Crippen molar-refractivity contribution < 1.29 is 9.47 Å². The zero-order chi connectivity index (χ0) is 13.5. The first-order chi connectivity index (χ1) is 9.28. The summed E-state index contributed by atoms with van der Waals surface area (Å²) < 4.78 is 10.6. The van der Waals surface area contributed by atoms with Crippen molar-refractivity contribution in [2.24, 2.45) is 0 Å². The molecule has 0 spiro atoms. The summed E-state index contributed by atoms with van der Waals surface area (Å²) in [5, 5.41) is 8.07. The van der Waals surface area contributed by atoms with Crippen LogP contribution in [-0.2, 0) is 17.8 Å². The smallest absolute Gasteiger partial charge is 0.151 e. The Balaban J connectivity index is 1.87. The summed E-state index contributed by atoms with van der Waals surface area (Å²) in [4.78, 5) is 0. The van der Waals surface area contributed by atoms with Crippen molar-refractivity contribution in [1.29, 1.82) is 0 Å². The average molecular weight is 279 g/mol. The number of benzene rings is 1. The third-order valence-electron chi connectivity index (χ3n) is 2.59. The van der Waals surface area contributed by atoms with Gasteiger partial charge in [-0.15, -0.1) is 5.10 Å². The Kier molecular flexibility index (Phi) is 5.12. The molecule has 0 radical (unpaired) electrons. The molecule has 1 aromatic carbocycles. The summed E-state index contributed by atoms with van der Waals surface area (Å²) in [6.07, 6.45) is 0.902. The van der Waals surface area contributed by atoms with E-state index >= 15 is 0 Å². The molecule has 0 saturated heterocycles. The van der Waals surface area contributed by atoms with E-state index in [4.69, 9.17) is 21.1 Å². The second-order valence-corrected chi connectivity index (χ2v) is 4.41. The summed E-state index contributed by atoms with van der Waals surface area (Å²) in [7, 11) is 1.70. The van der Waals surface area contributed by atoms with Crippen LogP contribution in [0.1, 0.15) is 11.3 Å². The molecular weight excluding hydrogens is 264 g/mol. The van der Waals surface area contributed by atoms with Gasteiger partial charge >= 0.3 is 0 Å². The Bertz CT molecular complexity index is 500. The fraction of sp³-hybridized carbons (Fsp3) is 0.286. The Morgan fingerprint density at radius 3 is 2.47 bits per heavy atom. The van der Waals surface area contributed by atoms with Gasteiger partial charge in [0, 0.05) is 7.11 Å². The van der Waals surface area contributed by atoms with Gasteiger partial charge in [-0.1, -0.05) is 23.7 Å². The zero-order valence-electron chi connectivity index (χ0n) is 10.7. The van der Waals surface area contributed by atoms with E-state index in [9.17, 15) is 0 Å². The molecule has 0 atom stereocenters. The number of ether oxygens (including phenoxy) is 2. The molecule has 0 aliphatic rings. The Morgan fingerprint density at radius 1 is 1.05 bits per heavy atom. The van der Waals surface area contributed by atoms with Crippen LogP contribution in [0, 0.1) is 0 Å². The van der Waals surface area contributed by atoms with Crippen LogP contribution in [0.4, 0.5) is 0 Å². The SMILES string of the molecule is COCCc1ccc(OCc2ccc(Cl)nn2)cc1. The van der Waals surface area contributed by atoms with E-state index in [1.165, 1.54) is 5.56 Å². The van der Waals surface area contributed by atoms with Gasteiger partial charge in [0.1, 0.15) is 18.1 Å². The summed E-state index contributed by atoms with van der Waals surface area (Å²) in [5.74, 6) is 0.804. The second kappa shape index (κ2) is 7.07. The lowest BCUT2D eigenvalue weighted by molar-refractivity contribution is 0.202. The van der Waals surface area contributed by atoms with E-state index in [0.717, 1.165) is 24.5 Å². The van der Waals surface area contributed by atoms with Crippen LogP contribution in [0.15, 0.2) is 36.4 Å². The third-order valence-corrected chi connectivity index (χ3v) is 2.79. The fourth-order valence-electron chi connectivity index (χ4n) is 1.55. The van der Waals surface area contributed by atoms with E-state index in [2.05, 4.69) is 10.2 Å².